The summed E-state index contributed by atoms with van der Waals surface area (Å²) in [5.41, 5.74) is 6.03. The van der Waals surface area contributed by atoms with E-state index in [0.717, 1.165) is 13.0 Å². The third kappa shape index (κ3) is 6.76. The fourth-order valence-corrected chi connectivity index (χ4v) is 1.07. The number of hydrogen-bond donors (Lipinski definition) is 2. The summed E-state index contributed by atoms with van der Waals surface area (Å²) in [5, 5.41) is 2.94. The molecular weight excluding hydrogens is 216 g/mol. The molecule has 1 rings (SSSR count). The van der Waals surface area contributed by atoms with E-state index in [2.05, 4.69) is 22.2 Å². The van der Waals surface area contributed by atoms with Gasteiger partial charge in [-0.3, -0.25) is 5.32 Å². The van der Waals surface area contributed by atoms with Crippen molar-refractivity contribution in [3.05, 3.63) is 35.9 Å². The van der Waals surface area contributed by atoms with E-state index in [1.54, 1.807) is 0 Å². The molecule has 0 heterocycles. The van der Waals surface area contributed by atoms with Crippen LogP contribution in [0.15, 0.2) is 30.3 Å². The molecule has 1 aromatic rings. The lowest BCUT2D eigenvalue weighted by molar-refractivity contribution is 0.147. The lowest BCUT2D eigenvalue weighted by Crippen LogP contribution is -2.25. The van der Waals surface area contributed by atoms with Crippen LogP contribution in [0.5, 0.6) is 0 Å². The molecule has 0 aliphatic rings. The highest BCUT2D eigenvalue weighted by Gasteiger charge is 1.93. The Hall–Kier alpha value is -1.26. The normalized spacial score (nSPS) is 9.07. The second kappa shape index (κ2) is 8.08. The van der Waals surface area contributed by atoms with E-state index in [0.29, 0.717) is 0 Å². The van der Waals surface area contributed by atoms with Gasteiger partial charge in [0.05, 0.1) is 0 Å². The van der Waals surface area contributed by atoms with Crippen LogP contribution < -0.4 is 11.1 Å². The van der Waals surface area contributed by atoms with Gasteiger partial charge in [0.15, 0.2) is 0 Å². The van der Waals surface area contributed by atoms with Crippen molar-refractivity contribution < 1.29 is 9.53 Å². The number of carbonyl (C=O) groups excluding carboxylic acids is 1. The summed E-state index contributed by atoms with van der Waals surface area (Å²) < 4.78 is 4.51. The zero-order chi connectivity index (χ0) is 10.2. The minimum Gasteiger partial charge on any atom is -0.434 e. The van der Waals surface area contributed by atoms with Gasteiger partial charge in [-0.25, -0.2) is 4.79 Å². The fraction of sp³-hybridized carbons (Fsp3) is 0.300. The van der Waals surface area contributed by atoms with Crippen molar-refractivity contribution >= 4 is 18.5 Å². The molecule has 0 spiro atoms. The Morgan fingerprint density at radius 2 is 2.00 bits per heavy atom. The van der Waals surface area contributed by atoms with Crippen LogP contribution in [0.4, 0.5) is 4.79 Å². The first-order chi connectivity index (χ1) is 6.79. The summed E-state index contributed by atoms with van der Waals surface area (Å²) in [7, 11) is 0. The van der Waals surface area contributed by atoms with E-state index in [-0.39, 0.29) is 19.1 Å². The minimum absolute atomic E-state index is 0. The third-order valence-electron chi connectivity index (χ3n) is 1.75. The number of nitrogens with one attached hydrogen (secondary N) is 1. The topological polar surface area (TPSA) is 64.4 Å². The van der Waals surface area contributed by atoms with Gasteiger partial charge in [0, 0.05) is 6.54 Å². The predicted molar refractivity (Wildman–Crippen MR) is 60.9 cm³/mol. The number of carbonyl (C=O) groups is 1. The highest BCUT2D eigenvalue weighted by molar-refractivity contribution is 5.85. The molecule has 1 amide bonds. The maximum atomic E-state index is 10.2. The molecule has 0 saturated heterocycles. The van der Waals surface area contributed by atoms with Crippen molar-refractivity contribution in [2.45, 2.75) is 6.42 Å². The van der Waals surface area contributed by atoms with Crippen LogP contribution in [-0.2, 0) is 11.2 Å². The van der Waals surface area contributed by atoms with Crippen LogP contribution in [0.3, 0.4) is 0 Å². The Morgan fingerprint density at radius 1 is 1.33 bits per heavy atom. The summed E-state index contributed by atoms with van der Waals surface area (Å²) >= 11 is 0. The van der Waals surface area contributed by atoms with Crippen LogP contribution in [-0.4, -0.2) is 19.4 Å². The molecule has 84 valence electrons. The number of nitrogens with two attached hydrogens (primary N) is 1. The first kappa shape index (κ1) is 13.7. The summed E-state index contributed by atoms with van der Waals surface area (Å²) in [6, 6.07) is 10.1. The van der Waals surface area contributed by atoms with Gasteiger partial charge in [-0.1, -0.05) is 30.3 Å². The Labute approximate surface area is 95.2 Å². The maximum absolute atomic E-state index is 10.2. The summed E-state index contributed by atoms with van der Waals surface area (Å²) in [5.74, 6) is 0. The number of hydrogen-bond acceptors (Lipinski definition) is 3. The Balaban J connectivity index is 0.00000196. The van der Waals surface area contributed by atoms with E-state index in [1.165, 1.54) is 5.56 Å². The highest BCUT2D eigenvalue weighted by Crippen LogP contribution is 1.97. The van der Waals surface area contributed by atoms with Crippen LogP contribution >= 0.6 is 12.4 Å². The highest BCUT2D eigenvalue weighted by atomic mass is 35.5. The van der Waals surface area contributed by atoms with Crippen molar-refractivity contribution in [1.29, 1.82) is 0 Å². The van der Waals surface area contributed by atoms with Gasteiger partial charge in [-0.05, 0) is 12.0 Å². The number of rotatable bonds is 5. The largest absolute Gasteiger partial charge is 0.434 e. The van der Waals surface area contributed by atoms with Crippen LogP contribution in [0.1, 0.15) is 5.56 Å². The molecule has 3 N–H and O–H groups in total. The molecular formula is C10H15ClN2O2. The molecule has 0 aliphatic carbocycles. The third-order valence-corrected chi connectivity index (χ3v) is 1.75. The van der Waals surface area contributed by atoms with Crippen molar-refractivity contribution in [3.8, 4) is 0 Å². The van der Waals surface area contributed by atoms with Crippen LogP contribution in [0, 0.1) is 0 Å². The SMILES string of the molecule is Cl.NC(=O)OCNCCc1ccccc1. The lowest BCUT2D eigenvalue weighted by atomic mass is 10.2. The van der Waals surface area contributed by atoms with Crippen LogP contribution in [0.2, 0.25) is 0 Å². The number of benzene rings is 1. The first-order valence-corrected chi connectivity index (χ1v) is 4.46. The van der Waals surface area contributed by atoms with Gasteiger partial charge in [-0.2, -0.15) is 0 Å². The monoisotopic (exact) mass is 230 g/mol. The standard InChI is InChI=1S/C10H14N2O2.ClH/c11-10(13)14-8-12-7-6-9-4-2-1-3-5-9;/h1-5,12H,6-8H2,(H2,11,13);1H. The quantitative estimate of drug-likeness (QED) is 0.592. The van der Waals surface area contributed by atoms with E-state index in [4.69, 9.17) is 5.73 Å². The molecule has 0 aromatic heterocycles. The number of halogens is 1. The summed E-state index contributed by atoms with van der Waals surface area (Å²) in [6.07, 6.45) is 0.153. The first-order valence-electron chi connectivity index (χ1n) is 4.46. The molecule has 4 nitrogen and oxygen atoms in total. The molecule has 0 radical (unpaired) electrons. The molecule has 1 aromatic carbocycles. The van der Waals surface area contributed by atoms with Gasteiger partial charge in [0.1, 0.15) is 6.73 Å². The van der Waals surface area contributed by atoms with E-state index in [9.17, 15) is 4.79 Å². The molecule has 5 heteroatoms. The van der Waals surface area contributed by atoms with Gasteiger partial charge in [0.25, 0.3) is 0 Å². The Kier molecular flexibility index (Phi) is 7.40. The van der Waals surface area contributed by atoms with Crippen LogP contribution in [0.25, 0.3) is 0 Å². The Morgan fingerprint density at radius 3 is 2.60 bits per heavy atom. The molecule has 0 fully saturated rings. The number of amides is 1. The van der Waals surface area contributed by atoms with Gasteiger partial charge in [-0.15, -0.1) is 12.4 Å². The molecule has 0 unspecified atom stereocenters. The number of ether oxygens (including phenoxy) is 1. The zero-order valence-corrected chi connectivity index (χ0v) is 9.13. The summed E-state index contributed by atoms with van der Waals surface area (Å²) in [6.45, 7) is 0.930. The molecule has 0 atom stereocenters. The van der Waals surface area contributed by atoms with Crippen molar-refractivity contribution in [1.82, 2.24) is 5.32 Å². The van der Waals surface area contributed by atoms with E-state index in [1.807, 2.05) is 18.2 Å². The van der Waals surface area contributed by atoms with Crippen molar-refractivity contribution in [2.24, 2.45) is 5.73 Å². The van der Waals surface area contributed by atoms with E-state index >= 15 is 0 Å². The van der Waals surface area contributed by atoms with Crippen molar-refractivity contribution in [3.63, 3.8) is 0 Å². The molecule has 0 saturated carbocycles. The average molecular weight is 231 g/mol. The smallest absolute Gasteiger partial charge is 0.405 e. The summed E-state index contributed by atoms with van der Waals surface area (Å²) in [4.78, 5) is 10.2. The second-order valence-electron chi connectivity index (χ2n) is 2.84. The van der Waals surface area contributed by atoms with Crippen molar-refractivity contribution in [2.75, 3.05) is 13.3 Å². The van der Waals surface area contributed by atoms with Gasteiger partial charge < -0.3 is 10.5 Å². The van der Waals surface area contributed by atoms with E-state index < -0.39 is 6.09 Å². The maximum Gasteiger partial charge on any atom is 0.405 e. The molecule has 15 heavy (non-hydrogen) atoms. The van der Waals surface area contributed by atoms with Gasteiger partial charge in [0.2, 0.25) is 0 Å². The second-order valence-corrected chi connectivity index (χ2v) is 2.84. The molecule has 0 bridgehead atoms. The minimum atomic E-state index is -0.753. The predicted octanol–water partition coefficient (Wildman–Crippen LogP) is 1.29. The Bertz CT molecular complexity index is 280. The lowest BCUT2D eigenvalue weighted by Gasteiger charge is -2.04. The zero-order valence-electron chi connectivity index (χ0n) is 8.31. The fourth-order valence-electron chi connectivity index (χ4n) is 1.07. The average Bonchev–Trinajstić information content (AvgIpc) is 2.18. The van der Waals surface area contributed by atoms with Gasteiger partial charge >= 0.3 is 6.09 Å². The molecule has 0 aliphatic heterocycles. The number of primary amides is 1.